The number of aliphatic hydroxyl groups excluding tert-OH is 1. The van der Waals surface area contributed by atoms with E-state index in [2.05, 4.69) is 15.2 Å². The van der Waals surface area contributed by atoms with Crippen molar-refractivity contribution >= 4 is 41.5 Å². The van der Waals surface area contributed by atoms with Gasteiger partial charge in [0.15, 0.2) is 5.96 Å². The maximum atomic E-state index is 10.3. The number of ether oxygens (including phenoxy) is 1. The second-order valence-corrected chi connectivity index (χ2v) is 6.25. The maximum absolute atomic E-state index is 10.3. The highest BCUT2D eigenvalue weighted by Gasteiger charge is 2.19. The van der Waals surface area contributed by atoms with Crippen molar-refractivity contribution in [2.75, 3.05) is 39.9 Å². The minimum Gasteiger partial charge on any atom is -0.386 e. The molecule has 0 radical (unpaired) electrons. The zero-order valence-electron chi connectivity index (χ0n) is 14.2. The molecular weight excluding hydrogens is 441 g/mol. The second kappa shape index (κ2) is 11.1. The van der Waals surface area contributed by atoms with E-state index in [1.54, 1.807) is 6.07 Å². The van der Waals surface area contributed by atoms with Crippen molar-refractivity contribution in [2.24, 2.45) is 10.9 Å². The number of nitrogens with one attached hydrogen (secondary N) is 1. The minimum absolute atomic E-state index is 0. The molecule has 0 spiro atoms. The first-order valence-electron chi connectivity index (χ1n) is 8.11. The van der Waals surface area contributed by atoms with E-state index < -0.39 is 6.10 Å². The van der Waals surface area contributed by atoms with Crippen LogP contribution >= 0.6 is 35.6 Å². The van der Waals surface area contributed by atoms with Gasteiger partial charge in [-0.05, 0) is 19.4 Å². The van der Waals surface area contributed by atoms with Crippen LogP contribution in [0.1, 0.15) is 25.0 Å². The fraction of sp³-hybridized carbons (Fsp3) is 0.588. The van der Waals surface area contributed by atoms with Crippen molar-refractivity contribution in [2.45, 2.75) is 19.4 Å². The number of hydrogen-bond donors (Lipinski definition) is 2. The zero-order valence-corrected chi connectivity index (χ0v) is 17.3. The lowest BCUT2D eigenvalue weighted by atomic mass is 10.1. The molecule has 1 aliphatic rings. The van der Waals surface area contributed by atoms with E-state index in [-0.39, 0.29) is 30.5 Å². The standard InChI is InChI=1S/C17H26ClN3O2.HI/c1-3-19-17(21(2)11-13-8-9-23-12-13)20-10-16(22)14-6-4-5-7-15(14)18;/h4-7,13,16,22H,3,8-12H2,1-2H3,(H,19,20);1H. The largest absolute Gasteiger partial charge is 0.386 e. The van der Waals surface area contributed by atoms with Crippen molar-refractivity contribution in [3.63, 3.8) is 0 Å². The Bertz CT molecular complexity index is 524. The topological polar surface area (TPSA) is 57.1 Å². The summed E-state index contributed by atoms with van der Waals surface area (Å²) in [6, 6.07) is 7.32. The molecule has 24 heavy (non-hydrogen) atoms. The third-order valence-electron chi connectivity index (χ3n) is 3.93. The van der Waals surface area contributed by atoms with E-state index in [1.165, 1.54) is 0 Å². The summed E-state index contributed by atoms with van der Waals surface area (Å²) < 4.78 is 5.43. The Morgan fingerprint density at radius 1 is 1.50 bits per heavy atom. The van der Waals surface area contributed by atoms with Crippen molar-refractivity contribution in [3.8, 4) is 0 Å². The van der Waals surface area contributed by atoms with Crippen LogP contribution in [0.3, 0.4) is 0 Å². The van der Waals surface area contributed by atoms with Gasteiger partial charge in [-0.2, -0.15) is 0 Å². The average molecular weight is 468 g/mol. The lowest BCUT2D eigenvalue weighted by Gasteiger charge is -2.25. The molecule has 2 unspecified atom stereocenters. The van der Waals surface area contributed by atoms with E-state index in [4.69, 9.17) is 16.3 Å². The third kappa shape index (κ3) is 6.38. The summed E-state index contributed by atoms with van der Waals surface area (Å²) in [4.78, 5) is 6.65. The van der Waals surface area contributed by atoms with Gasteiger partial charge in [-0.3, -0.25) is 4.99 Å². The molecule has 0 aromatic heterocycles. The number of rotatable bonds is 6. The molecule has 0 saturated carbocycles. The first kappa shape index (κ1) is 21.5. The van der Waals surface area contributed by atoms with E-state index in [9.17, 15) is 5.11 Å². The fourth-order valence-corrected chi connectivity index (χ4v) is 2.95. The van der Waals surface area contributed by atoms with Gasteiger partial charge in [0.05, 0.1) is 13.2 Å². The summed E-state index contributed by atoms with van der Waals surface area (Å²) in [5.74, 6) is 1.34. The first-order chi connectivity index (χ1) is 11.1. The highest BCUT2D eigenvalue weighted by Crippen LogP contribution is 2.22. The second-order valence-electron chi connectivity index (χ2n) is 5.84. The number of hydrogen-bond acceptors (Lipinski definition) is 3. The van der Waals surface area contributed by atoms with Gasteiger partial charge in [0, 0.05) is 43.2 Å². The number of aliphatic hydroxyl groups is 1. The number of aliphatic imine (C=N–C) groups is 1. The Morgan fingerprint density at radius 2 is 2.25 bits per heavy atom. The zero-order chi connectivity index (χ0) is 16.7. The van der Waals surface area contributed by atoms with Crippen LogP contribution in [0, 0.1) is 5.92 Å². The molecular formula is C17H27ClIN3O2. The molecule has 1 aromatic carbocycles. The first-order valence-corrected chi connectivity index (χ1v) is 8.49. The van der Waals surface area contributed by atoms with Gasteiger partial charge in [-0.15, -0.1) is 24.0 Å². The van der Waals surface area contributed by atoms with Crippen molar-refractivity contribution in [1.82, 2.24) is 10.2 Å². The summed E-state index contributed by atoms with van der Waals surface area (Å²) in [6.45, 7) is 5.65. The van der Waals surface area contributed by atoms with E-state index in [1.807, 2.05) is 32.2 Å². The molecule has 1 saturated heterocycles. The third-order valence-corrected chi connectivity index (χ3v) is 4.27. The lowest BCUT2D eigenvalue weighted by molar-refractivity contribution is 0.180. The van der Waals surface area contributed by atoms with Gasteiger partial charge in [0.2, 0.25) is 0 Å². The van der Waals surface area contributed by atoms with Crippen LogP contribution in [0.15, 0.2) is 29.3 Å². The van der Waals surface area contributed by atoms with Crippen LogP contribution in [0.25, 0.3) is 0 Å². The summed E-state index contributed by atoms with van der Waals surface area (Å²) in [5.41, 5.74) is 0.709. The molecule has 1 aliphatic heterocycles. The predicted octanol–water partition coefficient (Wildman–Crippen LogP) is 2.93. The van der Waals surface area contributed by atoms with Gasteiger partial charge in [0.25, 0.3) is 0 Å². The quantitative estimate of drug-likeness (QED) is 0.384. The number of guanidine groups is 1. The molecule has 1 heterocycles. The predicted molar refractivity (Wildman–Crippen MR) is 109 cm³/mol. The Hall–Kier alpha value is -0.570. The van der Waals surface area contributed by atoms with Gasteiger partial charge in [-0.25, -0.2) is 0 Å². The molecule has 2 N–H and O–H groups in total. The number of halogens is 2. The lowest BCUT2D eigenvalue weighted by Crippen LogP contribution is -2.41. The molecule has 0 amide bonds. The molecule has 0 bridgehead atoms. The Labute approximate surface area is 166 Å². The van der Waals surface area contributed by atoms with E-state index in [0.29, 0.717) is 16.5 Å². The Balaban J connectivity index is 0.00000288. The summed E-state index contributed by atoms with van der Waals surface area (Å²) >= 11 is 6.12. The van der Waals surface area contributed by atoms with Gasteiger partial charge in [0.1, 0.15) is 6.10 Å². The monoisotopic (exact) mass is 467 g/mol. The SMILES string of the molecule is CCNC(=NCC(O)c1ccccc1Cl)N(C)CC1CCOC1.I. The highest BCUT2D eigenvalue weighted by atomic mass is 127. The van der Waals surface area contributed by atoms with Crippen molar-refractivity contribution in [1.29, 1.82) is 0 Å². The average Bonchev–Trinajstić information content (AvgIpc) is 3.04. The van der Waals surface area contributed by atoms with Crippen LogP contribution in [0.5, 0.6) is 0 Å². The molecule has 1 fully saturated rings. The molecule has 5 nitrogen and oxygen atoms in total. The van der Waals surface area contributed by atoms with Crippen LogP contribution in [0.4, 0.5) is 0 Å². The highest BCUT2D eigenvalue weighted by molar-refractivity contribution is 14.0. The van der Waals surface area contributed by atoms with Crippen LogP contribution in [-0.2, 0) is 4.74 Å². The minimum atomic E-state index is -0.708. The fourth-order valence-electron chi connectivity index (χ4n) is 2.69. The van der Waals surface area contributed by atoms with Gasteiger partial charge >= 0.3 is 0 Å². The van der Waals surface area contributed by atoms with Crippen LogP contribution < -0.4 is 5.32 Å². The van der Waals surface area contributed by atoms with Crippen molar-refractivity contribution in [3.05, 3.63) is 34.9 Å². The van der Waals surface area contributed by atoms with Gasteiger partial charge in [-0.1, -0.05) is 29.8 Å². The maximum Gasteiger partial charge on any atom is 0.193 e. The smallest absolute Gasteiger partial charge is 0.193 e. The summed E-state index contributed by atoms with van der Waals surface area (Å²) in [6.07, 6.45) is 0.381. The Kier molecular flexibility index (Phi) is 9.95. The summed E-state index contributed by atoms with van der Waals surface area (Å²) in [5, 5.41) is 14.2. The Morgan fingerprint density at radius 3 is 2.88 bits per heavy atom. The van der Waals surface area contributed by atoms with Crippen LogP contribution in [-0.4, -0.2) is 55.9 Å². The van der Waals surface area contributed by atoms with Crippen molar-refractivity contribution < 1.29 is 9.84 Å². The van der Waals surface area contributed by atoms with E-state index >= 15 is 0 Å². The molecule has 2 atom stereocenters. The molecule has 2 rings (SSSR count). The molecule has 7 heteroatoms. The van der Waals surface area contributed by atoms with E-state index in [0.717, 1.165) is 38.7 Å². The number of benzene rings is 1. The van der Waals surface area contributed by atoms with Crippen LogP contribution in [0.2, 0.25) is 5.02 Å². The van der Waals surface area contributed by atoms with Gasteiger partial charge < -0.3 is 20.1 Å². The molecule has 0 aliphatic carbocycles. The summed E-state index contributed by atoms with van der Waals surface area (Å²) in [7, 11) is 2.02. The number of nitrogens with zero attached hydrogens (tertiary/aromatic N) is 2. The molecule has 1 aromatic rings. The molecule has 136 valence electrons. The normalized spacial score (nSPS) is 18.8.